The molecule has 0 fully saturated rings. The number of benzene rings is 2. The second kappa shape index (κ2) is 5.86. The van der Waals surface area contributed by atoms with Crippen molar-refractivity contribution in [2.24, 2.45) is 0 Å². The molecule has 0 bridgehead atoms. The van der Waals surface area contributed by atoms with Crippen LogP contribution < -0.4 is 9.04 Å². The Balaban J connectivity index is 2.15. The van der Waals surface area contributed by atoms with Crippen molar-refractivity contribution in [2.45, 2.75) is 11.3 Å². The zero-order chi connectivity index (χ0) is 16.6. The van der Waals surface area contributed by atoms with Crippen LogP contribution in [-0.4, -0.2) is 27.9 Å². The van der Waals surface area contributed by atoms with Gasteiger partial charge in [0.05, 0.1) is 17.7 Å². The van der Waals surface area contributed by atoms with E-state index < -0.39 is 10.0 Å². The number of ketones is 1. The number of hydrogen-bond acceptors (Lipinski definition) is 4. The minimum atomic E-state index is -3.81. The number of fused-ring (bicyclic) bond motifs is 1. The molecule has 0 aromatic heterocycles. The maximum Gasteiger partial charge on any atom is 0.264 e. The molecule has 7 heteroatoms. The van der Waals surface area contributed by atoms with Crippen LogP contribution in [0.2, 0.25) is 5.02 Å². The number of methoxy groups -OCH3 is 1. The number of hydrogen-bond donors (Lipinski definition) is 0. The van der Waals surface area contributed by atoms with Crippen LogP contribution in [0.4, 0.5) is 5.69 Å². The fraction of sp³-hybridized carbons (Fsp3) is 0.188. The third-order valence-electron chi connectivity index (χ3n) is 3.70. The summed E-state index contributed by atoms with van der Waals surface area (Å²) in [5.41, 5.74) is 0.711. The van der Waals surface area contributed by atoms with Gasteiger partial charge >= 0.3 is 0 Å². The average molecular weight is 352 g/mol. The molecule has 0 amide bonds. The predicted molar refractivity (Wildman–Crippen MR) is 87.9 cm³/mol. The van der Waals surface area contributed by atoms with Gasteiger partial charge in [0.2, 0.25) is 0 Å². The third kappa shape index (κ3) is 2.80. The minimum Gasteiger partial charge on any atom is -0.497 e. The Morgan fingerprint density at radius 1 is 1.17 bits per heavy atom. The number of carbonyl (C=O) groups excluding carboxylic acids is 1. The summed E-state index contributed by atoms with van der Waals surface area (Å²) in [6.45, 7) is 0.0911. The number of ether oxygens (including phenoxy) is 1. The third-order valence-corrected chi connectivity index (χ3v) is 5.74. The lowest BCUT2D eigenvalue weighted by atomic mass is 10.0. The van der Waals surface area contributed by atoms with E-state index in [-0.39, 0.29) is 23.6 Å². The molecule has 5 nitrogen and oxygen atoms in total. The van der Waals surface area contributed by atoms with Crippen molar-refractivity contribution < 1.29 is 17.9 Å². The summed E-state index contributed by atoms with van der Waals surface area (Å²) in [6, 6.07) is 10.9. The van der Waals surface area contributed by atoms with Gasteiger partial charge in [0, 0.05) is 29.6 Å². The standard InChI is InChI=1S/C16H14ClNO4S/c1-22-12-5-6-14-15(10-12)18(8-7-16(14)19)23(20,21)13-4-2-3-11(17)9-13/h2-6,9-10H,7-8H2,1H3. The van der Waals surface area contributed by atoms with Crippen molar-refractivity contribution in [1.29, 1.82) is 0 Å². The van der Waals surface area contributed by atoms with Gasteiger partial charge in [0.15, 0.2) is 5.78 Å². The van der Waals surface area contributed by atoms with Gasteiger partial charge < -0.3 is 4.74 Å². The first-order chi connectivity index (χ1) is 10.9. The maximum absolute atomic E-state index is 12.9. The lowest BCUT2D eigenvalue weighted by molar-refractivity contribution is 0.0982. The molecule has 120 valence electrons. The summed E-state index contributed by atoms with van der Waals surface area (Å²) in [6.07, 6.45) is 0.138. The van der Waals surface area contributed by atoms with Gasteiger partial charge in [-0.3, -0.25) is 9.10 Å². The fourth-order valence-electron chi connectivity index (χ4n) is 2.54. The van der Waals surface area contributed by atoms with E-state index in [0.29, 0.717) is 22.0 Å². The number of rotatable bonds is 3. The van der Waals surface area contributed by atoms with E-state index in [1.165, 1.54) is 23.5 Å². The van der Waals surface area contributed by atoms with E-state index in [9.17, 15) is 13.2 Å². The fourth-order valence-corrected chi connectivity index (χ4v) is 4.32. The summed E-state index contributed by atoms with van der Waals surface area (Å²) in [4.78, 5) is 12.2. The lowest BCUT2D eigenvalue weighted by Gasteiger charge is -2.30. The second-order valence-corrected chi connectivity index (χ2v) is 7.39. The first kappa shape index (κ1) is 15.8. The number of halogens is 1. The molecule has 0 radical (unpaired) electrons. The van der Waals surface area contributed by atoms with Crippen LogP contribution in [0.25, 0.3) is 0 Å². The first-order valence-electron chi connectivity index (χ1n) is 6.93. The molecule has 2 aromatic carbocycles. The van der Waals surface area contributed by atoms with Gasteiger partial charge in [0.25, 0.3) is 10.0 Å². The smallest absolute Gasteiger partial charge is 0.264 e. The van der Waals surface area contributed by atoms with Gasteiger partial charge in [-0.05, 0) is 30.3 Å². The molecular weight excluding hydrogens is 338 g/mol. The molecule has 3 rings (SSSR count). The second-order valence-electron chi connectivity index (χ2n) is 5.09. The van der Waals surface area contributed by atoms with E-state index in [0.717, 1.165) is 0 Å². The molecule has 0 unspecified atom stereocenters. The van der Waals surface area contributed by atoms with Crippen LogP contribution in [0, 0.1) is 0 Å². The van der Waals surface area contributed by atoms with Crippen LogP contribution in [0.3, 0.4) is 0 Å². The number of anilines is 1. The lowest BCUT2D eigenvalue weighted by Crippen LogP contribution is -2.37. The Morgan fingerprint density at radius 2 is 1.96 bits per heavy atom. The molecule has 0 atom stereocenters. The normalized spacial score (nSPS) is 14.5. The highest BCUT2D eigenvalue weighted by molar-refractivity contribution is 7.92. The van der Waals surface area contributed by atoms with Crippen molar-refractivity contribution in [3.63, 3.8) is 0 Å². The zero-order valence-electron chi connectivity index (χ0n) is 12.3. The van der Waals surface area contributed by atoms with Gasteiger partial charge in [-0.2, -0.15) is 0 Å². The summed E-state index contributed by atoms with van der Waals surface area (Å²) in [7, 11) is -2.32. The number of carbonyl (C=O) groups is 1. The summed E-state index contributed by atoms with van der Waals surface area (Å²) in [5.74, 6) is 0.407. The first-order valence-corrected chi connectivity index (χ1v) is 8.75. The molecular formula is C16H14ClNO4S. The van der Waals surface area contributed by atoms with E-state index in [1.54, 1.807) is 30.3 Å². The zero-order valence-corrected chi connectivity index (χ0v) is 13.9. The van der Waals surface area contributed by atoms with Crippen molar-refractivity contribution in [3.8, 4) is 5.75 Å². The minimum absolute atomic E-state index is 0.0832. The van der Waals surface area contributed by atoms with Gasteiger partial charge in [-0.25, -0.2) is 8.42 Å². The predicted octanol–water partition coefficient (Wildman–Crippen LogP) is 3.13. The SMILES string of the molecule is COc1ccc2c(c1)N(S(=O)(=O)c1cccc(Cl)c1)CCC2=O. The molecule has 1 aliphatic rings. The van der Waals surface area contributed by atoms with E-state index in [1.807, 2.05) is 0 Å². The highest BCUT2D eigenvalue weighted by Crippen LogP contribution is 2.35. The van der Waals surface area contributed by atoms with Crippen molar-refractivity contribution in [2.75, 3.05) is 18.0 Å². The molecule has 2 aromatic rings. The van der Waals surface area contributed by atoms with Crippen molar-refractivity contribution in [1.82, 2.24) is 0 Å². The Morgan fingerprint density at radius 3 is 2.65 bits per heavy atom. The Hall–Kier alpha value is -2.05. The van der Waals surface area contributed by atoms with Gasteiger partial charge in [-0.1, -0.05) is 17.7 Å². The maximum atomic E-state index is 12.9. The largest absolute Gasteiger partial charge is 0.497 e. The molecule has 1 heterocycles. The summed E-state index contributed by atoms with van der Waals surface area (Å²) in [5, 5.41) is 0.338. The summed E-state index contributed by atoms with van der Waals surface area (Å²) >= 11 is 5.90. The summed E-state index contributed by atoms with van der Waals surface area (Å²) < 4.78 is 32.2. The quantitative estimate of drug-likeness (QED) is 0.852. The molecule has 0 spiro atoms. The van der Waals surface area contributed by atoms with E-state index in [2.05, 4.69) is 0 Å². The van der Waals surface area contributed by atoms with Crippen LogP contribution >= 0.6 is 11.6 Å². The molecule has 0 saturated heterocycles. The molecule has 23 heavy (non-hydrogen) atoms. The Bertz CT molecular complexity index is 879. The molecule has 0 N–H and O–H groups in total. The van der Waals surface area contributed by atoms with Crippen LogP contribution in [-0.2, 0) is 10.0 Å². The van der Waals surface area contributed by atoms with Crippen LogP contribution in [0.1, 0.15) is 16.8 Å². The topological polar surface area (TPSA) is 63.7 Å². The van der Waals surface area contributed by atoms with Crippen molar-refractivity contribution >= 4 is 33.1 Å². The highest BCUT2D eigenvalue weighted by atomic mass is 35.5. The van der Waals surface area contributed by atoms with Gasteiger partial charge in [0.1, 0.15) is 5.75 Å². The average Bonchev–Trinajstić information content (AvgIpc) is 2.54. The monoisotopic (exact) mass is 351 g/mol. The highest BCUT2D eigenvalue weighted by Gasteiger charge is 2.32. The van der Waals surface area contributed by atoms with Crippen LogP contribution in [0.15, 0.2) is 47.4 Å². The molecule has 0 saturated carbocycles. The molecule has 1 aliphatic heterocycles. The molecule has 0 aliphatic carbocycles. The number of Topliss-reactive ketones (excluding diaryl/α,β-unsaturated/α-hetero) is 1. The number of sulfonamides is 1. The van der Waals surface area contributed by atoms with Gasteiger partial charge in [-0.15, -0.1) is 0 Å². The Kier molecular flexibility index (Phi) is 4.04. The van der Waals surface area contributed by atoms with Crippen molar-refractivity contribution in [3.05, 3.63) is 53.1 Å². The number of nitrogens with zero attached hydrogens (tertiary/aromatic N) is 1. The Labute approximate surface area is 139 Å². The van der Waals surface area contributed by atoms with E-state index in [4.69, 9.17) is 16.3 Å². The van der Waals surface area contributed by atoms with Crippen LogP contribution in [0.5, 0.6) is 5.75 Å². The van der Waals surface area contributed by atoms with E-state index >= 15 is 0 Å².